The molecule has 0 aliphatic heterocycles. The summed E-state index contributed by atoms with van der Waals surface area (Å²) >= 11 is 1.87. The Morgan fingerprint density at radius 2 is 0.940 bits per heavy atom. The van der Waals surface area contributed by atoms with Gasteiger partial charge in [0.25, 0.3) is 0 Å². The normalized spacial score (nSPS) is 11.6. The fourth-order valence-corrected chi connectivity index (χ4v) is 8.91. The molecule has 1 nitrogen and oxygen atoms in total. The van der Waals surface area contributed by atoms with E-state index in [-0.39, 0.29) is 0 Å². The van der Waals surface area contributed by atoms with Gasteiger partial charge in [-0.25, -0.2) is 0 Å². The van der Waals surface area contributed by atoms with Crippen molar-refractivity contribution >= 4 is 80.9 Å². The Balaban J connectivity index is 1.21. The van der Waals surface area contributed by atoms with Crippen molar-refractivity contribution in [3.8, 4) is 22.3 Å². The summed E-state index contributed by atoms with van der Waals surface area (Å²) < 4.78 is 2.59. The summed E-state index contributed by atoms with van der Waals surface area (Å²) in [5.74, 6) is 0. The van der Waals surface area contributed by atoms with Crippen LogP contribution in [0.15, 0.2) is 188 Å². The number of thiophene rings is 1. The minimum atomic E-state index is 1.13. The predicted molar refractivity (Wildman–Crippen MR) is 217 cm³/mol. The molecule has 2 heteroatoms. The molecule has 234 valence electrons. The third kappa shape index (κ3) is 4.69. The van der Waals surface area contributed by atoms with Crippen LogP contribution in [0.25, 0.3) is 74.7 Å². The number of benzene rings is 9. The molecule has 0 saturated heterocycles. The Kier molecular flexibility index (Phi) is 6.75. The minimum Gasteiger partial charge on any atom is -0.308 e. The van der Waals surface area contributed by atoms with Crippen LogP contribution in [0.5, 0.6) is 0 Å². The molecule has 0 atom stereocenters. The van der Waals surface area contributed by atoms with Gasteiger partial charge in [0.2, 0.25) is 0 Å². The molecule has 10 rings (SSSR count). The smallest absolute Gasteiger partial charge is 0.0640 e. The van der Waals surface area contributed by atoms with Gasteiger partial charge in [0.1, 0.15) is 0 Å². The number of hydrogen-bond acceptors (Lipinski definition) is 2. The summed E-state index contributed by atoms with van der Waals surface area (Å²) in [7, 11) is 0. The summed E-state index contributed by atoms with van der Waals surface area (Å²) in [6.45, 7) is 0. The third-order valence-electron chi connectivity index (χ3n) is 10.0. The molecule has 10 aromatic rings. The fourth-order valence-electron chi connectivity index (χ4n) is 7.70. The fraction of sp³-hybridized carbons (Fsp3) is 0. The molecule has 0 unspecified atom stereocenters. The maximum atomic E-state index is 2.49. The predicted octanol–water partition coefficient (Wildman–Crippen LogP) is 14.3. The number of fused-ring (bicyclic) bond motifs is 7. The number of rotatable bonds is 5. The standard InChI is InChI=1S/C48H31NS/c1-3-20-38-32(13-1)15-11-25-39(38)35-18-9-16-33(29-35)34-17-10-19-37(30-34)49(45-27-12-26-44-43-24-7-8-28-47(43)50-48(44)45)46-31-36-14-2-4-21-40(36)41-22-5-6-23-42(41)46/h1-31H. The lowest BCUT2D eigenvalue weighted by Gasteiger charge is -2.28. The highest BCUT2D eigenvalue weighted by molar-refractivity contribution is 7.26. The van der Waals surface area contributed by atoms with Crippen molar-refractivity contribution in [1.82, 2.24) is 0 Å². The van der Waals surface area contributed by atoms with Crippen molar-refractivity contribution in [3.63, 3.8) is 0 Å². The molecule has 50 heavy (non-hydrogen) atoms. The van der Waals surface area contributed by atoms with Gasteiger partial charge in [-0.05, 0) is 85.6 Å². The molecule has 0 fully saturated rings. The maximum Gasteiger partial charge on any atom is 0.0640 e. The van der Waals surface area contributed by atoms with Gasteiger partial charge in [-0.2, -0.15) is 0 Å². The first-order valence-electron chi connectivity index (χ1n) is 17.1. The number of nitrogens with zero attached hydrogens (tertiary/aromatic N) is 1. The Bertz CT molecular complexity index is 2890. The van der Waals surface area contributed by atoms with E-state index in [0.717, 1.165) is 5.69 Å². The van der Waals surface area contributed by atoms with Gasteiger partial charge in [0, 0.05) is 26.5 Å². The van der Waals surface area contributed by atoms with Crippen molar-refractivity contribution < 1.29 is 0 Å². The lowest BCUT2D eigenvalue weighted by Crippen LogP contribution is -2.11. The Morgan fingerprint density at radius 1 is 0.340 bits per heavy atom. The zero-order chi connectivity index (χ0) is 33.0. The Labute approximate surface area is 294 Å². The number of anilines is 3. The molecule has 0 bridgehead atoms. The van der Waals surface area contributed by atoms with Crippen molar-refractivity contribution in [3.05, 3.63) is 188 Å². The van der Waals surface area contributed by atoms with Crippen molar-refractivity contribution in [1.29, 1.82) is 0 Å². The highest BCUT2D eigenvalue weighted by Gasteiger charge is 2.21. The van der Waals surface area contributed by atoms with E-state index in [1.165, 1.54) is 86.1 Å². The maximum absolute atomic E-state index is 2.49. The molecule has 9 aromatic carbocycles. The lowest BCUT2D eigenvalue weighted by molar-refractivity contribution is 1.32. The van der Waals surface area contributed by atoms with Crippen molar-refractivity contribution in [2.75, 3.05) is 4.90 Å². The average Bonchev–Trinajstić information content (AvgIpc) is 3.58. The molecule has 1 aromatic heterocycles. The first kappa shape index (κ1) is 28.8. The monoisotopic (exact) mass is 653 g/mol. The Morgan fingerprint density at radius 3 is 1.82 bits per heavy atom. The highest BCUT2D eigenvalue weighted by Crippen LogP contribution is 2.48. The SMILES string of the molecule is c1cc(-c2cccc(N(c3cc4ccccc4c4ccccc34)c3cccc4c3sc3ccccc34)c2)cc(-c2cccc3ccccc23)c1. The van der Waals surface area contributed by atoms with E-state index in [9.17, 15) is 0 Å². The van der Waals surface area contributed by atoms with E-state index in [2.05, 4.69) is 193 Å². The van der Waals surface area contributed by atoms with Crippen LogP contribution in [-0.2, 0) is 0 Å². The molecule has 0 aliphatic rings. The highest BCUT2D eigenvalue weighted by atomic mass is 32.1. The van der Waals surface area contributed by atoms with Gasteiger partial charge >= 0.3 is 0 Å². The minimum absolute atomic E-state index is 1.13. The molecular weight excluding hydrogens is 623 g/mol. The van der Waals surface area contributed by atoms with Crippen LogP contribution in [0, 0.1) is 0 Å². The molecule has 1 heterocycles. The van der Waals surface area contributed by atoms with Gasteiger partial charge in [-0.15, -0.1) is 11.3 Å². The summed E-state index contributed by atoms with van der Waals surface area (Å²) in [6, 6.07) is 68.8. The molecule has 0 radical (unpaired) electrons. The molecule has 0 spiro atoms. The second kappa shape index (κ2) is 11.7. The molecule has 0 saturated carbocycles. The van der Waals surface area contributed by atoms with Crippen LogP contribution in [0.4, 0.5) is 17.1 Å². The first-order valence-corrected chi connectivity index (χ1v) is 17.9. The van der Waals surface area contributed by atoms with Crippen molar-refractivity contribution in [2.45, 2.75) is 0 Å². The zero-order valence-corrected chi connectivity index (χ0v) is 28.1. The van der Waals surface area contributed by atoms with Crippen LogP contribution in [0.2, 0.25) is 0 Å². The van der Waals surface area contributed by atoms with E-state index >= 15 is 0 Å². The van der Waals surface area contributed by atoms with Crippen LogP contribution in [0.3, 0.4) is 0 Å². The number of hydrogen-bond donors (Lipinski definition) is 0. The van der Waals surface area contributed by atoms with E-state index in [1.807, 2.05) is 11.3 Å². The Hall–Kier alpha value is -6.22. The van der Waals surface area contributed by atoms with E-state index in [0.29, 0.717) is 0 Å². The third-order valence-corrected chi connectivity index (χ3v) is 11.2. The van der Waals surface area contributed by atoms with Gasteiger partial charge in [0.05, 0.1) is 16.1 Å². The molecule has 0 aliphatic carbocycles. The molecule has 0 N–H and O–H groups in total. The average molecular weight is 654 g/mol. The summed E-state index contributed by atoms with van der Waals surface area (Å²) in [5, 5.41) is 10.1. The second-order valence-electron chi connectivity index (χ2n) is 12.9. The van der Waals surface area contributed by atoms with E-state index < -0.39 is 0 Å². The van der Waals surface area contributed by atoms with Crippen LogP contribution in [-0.4, -0.2) is 0 Å². The van der Waals surface area contributed by atoms with Gasteiger partial charge in [-0.3, -0.25) is 0 Å². The van der Waals surface area contributed by atoms with Crippen LogP contribution in [0.1, 0.15) is 0 Å². The largest absolute Gasteiger partial charge is 0.308 e. The zero-order valence-electron chi connectivity index (χ0n) is 27.3. The van der Waals surface area contributed by atoms with Crippen LogP contribution < -0.4 is 4.90 Å². The quantitative estimate of drug-likeness (QED) is 0.167. The van der Waals surface area contributed by atoms with Crippen LogP contribution >= 0.6 is 11.3 Å². The summed E-state index contributed by atoms with van der Waals surface area (Å²) in [5.41, 5.74) is 8.34. The topological polar surface area (TPSA) is 3.24 Å². The van der Waals surface area contributed by atoms with E-state index in [4.69, 9.17) is 0 Å². The van der Waals surface area contributed by atoms with Gasteiger partial charge in [0.15, 0.2) is 0 Å². The molecular formula is C48H31NS. The molecule has 0 amide bonds. The van der Waals surface area contributed by atoms with E-state index in [1.54, 1.807) is 0 Å². The van der Waals surface area contributed by atoms with Crippen molar-refractivity contribution in [2.24, 2.45) is 0 Å². The van der Waals surface area contributed by atoms with Gasteiger partial charge < -0.3 is 4.90 Å². The second-order valence-corrected chi connectivity index (χ2v) is 14.0. The van der Waals surface area contributed by atoms with Gasteiger partial charge in [-0.1, -0.05) is 152 Å². The summed E-state index contributed by atoms with van der Waals surface area (Å²) in [4.78, 5) is 2.49. The lowest BCUT2D eigenvalue weighted by atomic mass is 9.95. The first-order chi connectivity index (χ1) is 24.8. The summed E-state index contributed by atoms with van der Waals surface area (Å²) in [6.07, 6.45) is 0.